The molecule has 24 heavy (non-hydrogen) atoms. The molecule has 1 fully saturated rings. The van der Waals surface area contributed by atoms with E-state index in [4.69, 9.17) is 10.00 Å². The van der Waals surface area contributed by atoms with E-state index >= 15 is 0 Å². The summed E-state index contributed by atoms with van der Waals surface area (Å²) in [5, 5.41) is 15.0. The smallest absolute Gasteiger partial charge is 0.255 e. The van der Waals surface area contributed by atoms with Gasteiger partial charge in [-0.15, -0.1) is 0 Å². The molecule has 6 nitrogen and oxygen atoms in total. The summed E-state index contributed by atoms with van der Waals surface area (Å²) in [5.41, 5.74) is 0.419. The molecule has 1 atom stereocenters. The second-order valence-corrected chi connectivity index (χ2v) is 5.39. The number of hydrogen-bond donors (Lipinski definition) is 2. The number of aromatic nitrogens is 2. The van der Waals surface area contributed by atoms with E-state index in [9.17, 15) is 8.78 Å². The summed E-state index contributed by atoms with van der Waals surface area (Å²) in [5.74, 6) is -1.29. The predicted molar refractivity (Wildman–Crippen MR) is 82.3 cm³/mol. The first-order valence-corrected chi connectivity index (χ1v) is 7.47. The maximum Gasteiger partial charge on any atom is 0.255 e. The highest BCUT2D eigenvalue weighted by Crippen LogP contribution is 2.18. The highest BCUT2D eigenvalue weighted by atomic mass is 19.1. The van der Waals surface area contributed by atoms with Gasteiger partial charge in [-0.2, -0.15) is 14.6 Å². The monoisotopic (exact) mass is 331 g/mol. The van der Waals surface area contributed by atoms with Gasteiger partial charge in [0.05, 0.1) is 17.8 Å². The van der Waals surface area contributed by atoms with Crippen LogP contribution in [0.5, 0.6) is 5.88 Å². The van der Waals surface area contributed by atoms with E-state index < -0.39 is 11.6 Å². The zero-order valence-corrected chi connectivity index (χ0v) is 12.7. The summed E-state index contributed by atoms with van der Waals surface area (Å²) >= 11 is 0. The SMILES string of the molecule is N#Cc1ccc(COc2nc(N[C@@H]3CCNC3)ncc2F)c(F)c1. The third kappa shape index (κ3) is 3.75. The molecule has 0 saturated carbocycles. The molecule has 3 rings (SSSR count). The Balaban J connectivity index is 1.69. The van der Waals surface area contributed by atoms with E-state index in [1.54, 1.807) is 0 Å². The van der Waals surface area contributed by atoms with Gasteiger partial charge in [0.2, 0.25) is 11.8 Å². The second-order valence-electron chi connectivity index (χ2n) is 5.39. The van der Waals surface area contributed by atoms with Gasteiger partial charge in [0.25, 0.3) is 5.88 Å². The van der Waals surface area contributed by atoms with Crippen LogP contribution in [0.15, 0.2) is 24.4 Å². The summed E-state index contributed by atoms with van der Waals surface area (Å²) in [6, 6.07) is 6.03. The normalized spacial score (nSPS) is 16.6. The summed E-state index contributed by atoms with van der Waals surface area (Å²) in [4.78, 5) is 7.87. The lowest BCUT2D eigenvalue weighted by Crippen LogP contribution is -2.23. The van der Waals surface area contributed by atoms with Gasteiger partial charge in [0.1, 0.15) is 12.4 Å². The molecule has 8 heteroatoms. The number of anilines is 1. The standard InChI is InChI=1S/C16H15F2N5O/c17-13-5-10(6-19)1-2-11(13)9-24-15-14(18)8-21-16(23-15)22-12-3-4-20-7-12/h1-2,5,8,12,20H,3-4,7,9H2,(H,21,22,23)/t12-/m1/s1. The highest BCUT2D eigenvalue weighted by Gasteiger charge is 2.17. The van der Waals surface area contributed by atoms with Crippen LogP contribution in [0.25, 0.3) is 0 Å². The Hall–Kier alpha value is -2.79. The van der Waals surface area contributed by atoms with Crippen molar-refractivity contribution in [1.82, 2.24) is 15.3 Å². The number of benzene rings is 1. The molecule has 0 bridgehead atoms. The van der Waals surface area contributed by atoms with Crippen LogP contribution in [0.1, 0.15) is 17.5 Å². The molecule has 0 radical (unpaired) electrons. The van der Waals surface area contributed by atoms with E-state index in [0.717, 1.165) is 31.8 Å². The second kappa shape index (κ2) is 7.19. The average Bonchev–Trinajstić information content (AvgIpc) is 3.09. The van der Waals surface area contributed by atoms with Crippen LogP contribution >= 0.6 is 0 Å². The van der Waals surface area contributed by atoms with Crippen molar-refractivity contribution in [3.8, 4) is 11.9 Å². The fourth-order valence-electron chi connectivity index (χ4n) is 2.36. The topological polar surface area (TPSA) is 82.9 Å². The van der Waals surface area contributed by atoms with Gasteiger partial charge in [-0.05, 0) is 25.1 Å². The molecule has 1 saturated heterocycles. The number of nitriles is 1. The molecule has 2 aromatic rings. The Morgan fingerprint density at radius 3 is 2.96 bits per heavy atom. The molecule has 0 unspecified atom stereocenters. The van der Waals surface area contributed by atoms with Crippen LogP contribution < -0.4 is 15.4 Å². The number of nitrogens with zero attached hydrogens (tertiary/aromatic N) is 3. The van der Waals surface area contributed by atoms with Gasteiger partial charge < -0.3 is 15.4 Å². The summed E-state index contributed by atoms with van der Waals surface area (Å²) in [6.07, 6.45) is 1.94. The van der Waals surface area contributed by atoms with Crippen LogP contribution in [0, 0.1) is 23.0 Å². The van der Waals surface area contributed by atoms with Crippen LogP contribution in [0.3, 0.4) is 0 Å². The molecule has 1 aromatic heterocycles. The van der Waals surface area contributed by atoms with E-state index in [1.165, 1.54) is 12.1 Å². The van der Waals surface area contributed by atoms with Crippen molar-refractivity contribution in [3.05, 3.63) is 47.2 Å². The lowest BCUT2D eigenvalue weighted by molar-refractivity contribution is 0.271. The Kier molecular flexibility index (Phi) is 4.82. The third-order valence-electron chi connectivity index (χ3n) is 3.65. The largest absolute Gasteiger partial charge is 0.470 e. The molecular weight excluding hydrogens is 316 g/mol. The van der Waals surface area contributed by atoms with Crippen molar-refractivity contribution in [2.24, 2.45) is 0 Å². The molecule has 124 valence electrons. The van der Waals surface area contributed by atoms with Crippen molar-refractivity contribution in [1.29, 1.82) is 5.26 Å². The lowest BCUT2D eigenvalue weighted by Gasteiger charge is -2.12. The average molecular weight is 331 g/mol. The maximum absolute atomic E-state index is 13.8. The predicted octanol–water partition coefficient (Wildman–Crippen LogP) is 1.98. The summed E-state index contributed by atoms with van der Waals surface area (Å²) in [7, 11) is 0. The quantitative estimate of drug-likeness (QED) is 0.872. The van der Waals surface area contributed by atoms with Gasteiger partial charge in [-0.1, -0.05) is 6.07 Å². The maximum atomic E-state index is 13.8. The highest BCUT2D eigenvalue weighted by molar-refractivity contribution is 5.33. The van der Waals surface area contributed by atoms with Crippen molar-refractivity contribution >= 4 is 5.95 Å². The first-order chi connectivity index (χ1) is 11.7. The fraction of sp³-hybridized carbons (Fsp3) is 0.312. The lowest BCUT2D eigenvalue weighted by atomic mass is 10.1. The van der Waals surface area contributed by atoms with Gasteiger partial charge in [-0.3, -0.25) is 0 Å². The first-order valence-electron chi connectivity index (χ1n) is 7.47. The van der Waals surface area contributed by atoms with E-state index in [-0.39, 0.29) is 35.6 Å². The van der Waals surface area contributed by atoms with Crippen LogP contribution in [-0.4, -0.2) is 29.1 Å². The number of halogens is 2. The minimum absolute atomic E-state index is 0.180. The fourth-order valence-corrected chi connectivity index (χ4v) is 2.36. The number of nitrogens with one attached hydrogen (secondary N) is 2. The molecule has 2 N–H and O–H groups in total. The van der Waals surface area contributed by atoms with Crippen LogP contribution in [-0.2, 0) is 6.61 Å². The zero-order valence-electron chi connectivity index (χ0n) is 12.7. The number of rotatable bonds is 5. The third-order valence-corrected chi connectivity index (χ3v) is 3.65. The number of hydrogen-bond acceptors (Lipinski definition) is 6. The first kappa shape index (κ1) is 16.1. The van der Waals surface area contributed by atoms with Crippen LogP contribution in [0.4, 0.5) is 14.7 Å². The minimum atomic E-state index is -0.723. The van der Waals surface area contributed by atoms with Crippen molar-refractivity contribution < 1.29 is 13.5 Å². The van der Waals surface area contributed by atoms with Gasteiger partial charge in [-0.25, -0.2) is 9.37 Å². The molecule has 0 spiro atoms. The zero-order chi connectivity index (χ0) is 16.9. The molecule has 1 aromatic carbocycles. The Morgan fingerprint density at radius 1 is 1.38 bits per heavy atom. The van der Waals surface area contributed by atoms with Crippen molar-refractivity contribution in [2.45, 2.75) is 19.1 Å². The molecule has 2 heterocycles. The van der Waals surface area contributed by atoms with Gasteiger partial charge in [0.15, 0.2) is 0 Å². The van der Waals surface area contributed by atoms with E-state index in [1.807, 2.05) is 6.07 Å². The minimum Gasteiger partial charge on any atom is -0.470 e. The molecule has 0 amide bonds. The van der Waals surface area contributed by atoms with Crippen molar-refractivity contribution in [3.63, 3.8) is 0 Å². The molecule has 1 aliphatic heterocycles. The van der Waals surface area contributed by atoms with Crippen LogP contribution in [0.2, 0.25) is 0 Å². The Labute approximate surface area is 137 Å². The summed E-state index contributed by atoms with van der Waals surface area (Å²) < 4.78 is 32.9. The van der Waals surface area contributed by atoms with Gasteiger partial charge >= 0.3 is 0 Å². The molecule has 0 aliphatic carbocycles. The van der Waals surface area contributed by atoms with E-state index in [0.29, 0.717) is 0 Å². The number of ether oxygens (including phenoxy) is 1. The molecule has 1 aliphatic rings. The Bertz CT molecular complexity index is 772. The molecular formula is C16H15F2N5O. The van der Waals surface area contributed by atoms with Crippen molar-refractivity contribution in [2.75, 3.05) is 18.4 Å². The van der Waals surface area contributed by atoms with Gasteiger partial charge in [0, 0.05) is 18.2 Å². The summed E-state index contributed by atoms with van der Waals surface area (Å²) in [6.45, 7) is 1.49. The Morgan fingerprint density at radius 2 is 2.25 bits per heavy atom. The van der Waals surface area contributed by atoms with E-state index in [2.05, 4.69) is 20.6 Å².